The molecule has 1 aromatic rings. The van der Waals surface area contributed by atoms with Gasteiger partial charge in [-0.05, 0) is 23.9 Å². The van der Waals surface area contributed by atoms with Gasteiger partial charge in [0.2, 0.25) is 5.91 Å². The fourth-order valence-corrected chi connectivity index (χ4v) is 2.86. The minimum Gasteiger partial charge on any atom is -0.340 e. The maximum atomic E-state index is 12.4. The normalized spacial score (nSPS) is 24.1. The molecule has 4 heteroatoms. The Morgan fingerprint density at radius 1 is 1.30 bits per heavy atom. The molecule has 0 aliphatic carbocycles. The minimum absolute atomic E-state index is 0.0527. The highest BCUT2D eigenvalue weighted by Crippen LogP contribution is 2.32. The Morgan fingerprint density at radius 3 is 2.50 bits per heavy atom. The first kappa shape index (κ1) is 15.0. The molecular formula is C16H25N3O. The second-order valence-corrected chi connectivity index (χ2v) is 6.03. The number of benzene rings is 1. The van der Waals surface area contributed by atoms with Crippen molar-refractivity contribution in [2.45, 2.75) is 25.8 Å². The Balaban J connectivity index is 2.12. The molecule has 1 aliphatic heterocycles. The van der Waals surface area contributed by atoms with Crippen LogP contribution in [0.25, 0.3) is 0 Å². The molecule has 1 aromatic carbocycles. The van der Waals surface area contributed by atoms with Crippen LogP contribution in [0.1, 0.15) is 25.3 Å². The lowest BCUT2D eigenvalue weighted by atomic mass is 9.89. The van der Waals surface area contributed by atoms with Crippen LogP contribution in [0.5, 0.6) is 0 Å². The molecule has 0 radical (unpaired) electrons. The van der Waals surface area contributed by atoms with Crippen LogP contribution < -0.4 is 11.5 Å². The van der Waals surface area contributed by atoms with Crippen molar-refractivity contribution < 1.29 is 4.79 Å². The molecular weight excluding hydrogens is 250 g/mol. The van der Waals surface area contributed by atoms with E-state index in [0.717, 1.165) is 13.1 Å². The van der Waals surface area contributed by atoms with E-state index in [4.69, 9.17) is 11.5 Å². The third kappa shape index (κ3) is 3.02. The topological polar surface area (TPSA) is 72.4 Å². The van der Waals surface area contributed by atoms with E-state index < -0.39 is 6.04 Å². The molecule has 110 valence electrons. The smallest absolute Gasteiger partial charge is 0.239 e. The first-order valence-corrected chi connectivity index (χ1v) is 7.34. The van der Waals surface area contributed by atoms with Gasteiger partial charge in [-0.15, -0.1) is 0 Å². The molecule has 1 amide bonds. The van der Waals surface area contributed by atoms with Crippen LogP contribution in [0.2, 0.25) is 0 Å². The Bertz CT molecular complexity index is 446. The van der Waals surface area contributed by atoms with E-state index >= 15 is 0 Å². The van der Waals surface area contributed by atoms with E-state index in [-0.39, 0.29) is 11.8 Å². The third-order valence-corrected chi connectivity index (χ3v) is 4.29. The molecule has 1 aliphatic rings. The quantitative estimate of drug-likeness (QED) is 0.866. The molecule has 0 saturated carbocycles. The summed E-state index contributed by atoms with van der Waals surface area (Å²) in [5.41, 5.74) is 13.1. The van der Waals surface area contributed by atoms with Crippen LogP contribution in [-0.4, -0.2) is 36.5 Å². The van der Waals surface area contributed by atoms with Crippen molar-refractivity contribution in [1.82, 2.24) is 4.90 Å². The molecule has 0 unspecified atom stereocenters. The van der Waals surface area contributed by atoms with Gasteiger partial charge >= 0.3 is 0 Å². The maximum Gasteiger partial charge on any atom is 0.239 e. The summed E-state index contributed by atoms with van der Waals surface area (Å²) in [6.45, 7) is 6.00. The number of nitrogens with zero attached hydrogens (tertiary/aromatic N) is 1. The van der Waals surface area contributed by atoms with Crippen molar-refractivity contribution in [2.24, 2.45) is 23.3 Å². The molecule has 1 fully saturated rings. The monoisotopic (exact) mass is 275 g/mol. The van der Waals surface area contributed by atoms with E-state index in [9.17, 15) is 4.79 Å². The predicted molar refractivity (Wildman–Crippen MR) is 81.1 cm³/mol. The Morgan fingerprint density at radius 2 is 1.95 bits per heavy atom. The zero-order valence-corrected chi connectivity index (χ0v) is 12.3. The van der Waals surface area contributed by atoms with Crippen LogP contribution >= 0.6 is 0 Å². The second kappa shape index (κ2) is 6.37. The fourth-order valence-electron chi connectivity index (χ4n) is 2.86. The molecule has 4 N–H and O–H groups in total. The van der Waals surface area contributed by atoms with Crippen molar-refractivity contribution in [3.63, 3.8) is 0 Å². The van der Waals surface area contributed by atoms with Gasteiger partial charge in [0.15, 0.2) is 0 Å². The number of hydrogen-bond acceptors (Lipinski definition) is 3. The fraction of sp³-hybridized carbons (Fsp3) is 0.562. The molecule has 1 saturated heterocycles. The summed E-state index contributed by atoms with van der Waals surface area (Å²) >= 11 is 0. The highest BCUT2D eigenvalue weighted by molar-refractivity contribution is 5.82. The second-order valence-electron chi connectivity index (χ2n) is 6.03. The lowest BCUT2D eigenvalue weighted by molar-refractivity contribution is -0.132. The number of hydrogen-bond donors (Lipinski definition) is 2. The van der Waals surface area contributed by atoms with Gasteiger partial charge in [-0.1, -0.05) is 44.2 Å². The van der Waals surface area contributed by atoms with Crippen LogP contribution in [0.4, 0.5) is 0 Å². The number of rotatable bonds is 4. The van der Waals surface area contributed by atoms with Gasteiger partial charge in [0.25, 0.3) is 0 Å². The van der Waals surface area contributed by atoms with E-state index in [1.807, 2.05) is 36.9 Å². The predicted octanol–water partition coefficient (Wildman–Crippen LogP) is 1.17. The average Bonchev–Trinajstić information content (AvgIpc) is 2.90. The lowest BCUT2D eigenvalue weighted by Gasteiger charge is -2.23. The molecule has 1 heterocycles. The van der Waals surface area contributed by atoms with Crippen molar-refractivity contribution in [1.29, 1.82) is 0 Å². The molecule has 4 nitrogen and oxygen atoms in total. The summed E-state index contributed by atoms with van der Waals surface area (Å²) < 4.78 is 0. The van der Waals surface area contributed by atoms with Crippen molar-refractivity contribution in [2.75, 3.05) is 19.6 Å². The number of carbonyl (C=O) groups is 1. The van der Waals surface area contributed by atoms with Crippen LogP contribution in [0.3, 0.4) is 0 Å². The van der Waals surface area contributed by atoms with Crippen molar-refractivity contribution in [3.8, 4) is 0 Å². The maximum absolute atomic E-state index is 12.4. The average molecular weight is 275 g/mol. The highest BCUT2D eigenvalue weighted by Gasteiger charge is 2.37. The minimum atomic E-state index is -0.414. The van der Waals surface area contributed by atoms with E-state index in [0.29, 0.717) is 18.4 Å². The zero-order chi connectivity index (χ0) is 14.7. The zero-order valence-electron chi connectivity index (χ0n) is 12.3. The van der Waals surface area contributed by atoms with Gasteiger partial charge in [0.05, 0.1) is 6.04 Å². The first-order chi connectivity index (χ1) is 9.54. The van der Waals surface area contributed by atoms with Gasteiger partial charge in [-0.3, -0.25) is 4.79 Å². The summed E-state index contributed by atoms with van der Waals surface area (Å²) in [5.74, 6) is 0.858. The van der Waals surface area contributed by atoms with E-state index in [1.165, 1.54) is 5.56 Å². The third-order valence-electron chi connectivity index (χ3n) is 4.29. The summed E-state index contributed by atoms with van der Waals surface area (Å²) in [6, 6.07) is 9.89. The molecule has 0 spiro atoms. The number of likely N-dealkylation sites (tertiary alicyclic amines) is 1. The summed E-state index contributed by atoms with van der Waals surface area (Å²) in [5, 5.41) is 0. The Hall–Kier alpha value is -1.39. The lowest BCUT2D eigenvalue weighted by Crippen LogP contribution is -2.45. The molecule has 3 atom stereocenters. The van der Waals surface area contributed by atoms with Gasteiger partial charge in [0.1, 0.15) is 0 Å². The first-order valence-electron chi connectivity index (χ1n) is 7.34. The molecule has 20 heavy (non-hydrogen) atoms. The van der Waals surface area contributed by atoms with Gasteiger partial charge in [0, 0.05) is 19.0 Å². The van der Waals surface area contributed by atoms with Gasteiger partial charge < -0.3 is 16.4 Å². The molecule has 0 bridgehead atoms. The Labute approximate surface area is 121 Å². The summed E-state index contributed by atoms with van der Waals surface area (Å²) in [4.78, 5) is 14.3. The van der Waals surface area contributed by atoms with Gasteiger partial charge in [-0.2, -0.15) is 0 Å². The number of nitrogens with two attached hydrogens (primary N) is 2. The molecule has 2 rings (SSSR count). The summed E-state index contributed by atoms with van der Waals surface area (Å²) in [6.07, 6.45) is 0. The van der Waals surface area contributed by atoms with Crippen molar-refractivity contribution in [3.05, 3.63) is 35.9 Å². The standard InChI is InChI=1S/C16H25N3O/c1-11(2)15(18)16(20)19-9-13(8-17)14(10-19)12-6-4-3-5-7-12/h3-7,11,13-15H,8-10,17-18H2,1-2H3/t13-,14+,15+/m1/s1. The van der Waals surface area contributed by atoms with Crippen molar-refractivity contribution >= 4 is 5.91 Å². The molecule has 0 aromatic heterocycles. The highest BCUT2D eigenvalue weighted by atomic mass is 16.2. The van der Waals surface area contributed by atoms with E-state index in [1.54, 1.807) is 0 Å². The largest absolute Gasteiger partial charge is 0.340 e. The summed E-state index contributed by atoms with van der Waals surface area (Å²) in [7, 11) is 0. The van der Waals surface area contributed by atoms with E-state index in [2.05, 4.69) is 12.1 Å². The SMILES string of the molecule is CC(C)[C@H](N)C(=O)N1C[C@@H](CN)[C@H](c2ccccc2)C1. The van der Waals surface area contributed by atoms with Crippen LogP contribution in [0, 0.1) is 11.8 Å². The van der Waals surface area contributed by atoms with Gasteiger partial charge in [-0.25, -0.2) is 0 Å². The van der Waals surface area contributed by atoms with Crippen LogP contribution in [0.15, 0.2) is 30.3 Å². The Kier molecular flexibility index (Phi) is 4.78. The number of amides is 1. The number of carbonyl (C=O) groups excluding carboxylic acids is 1. The van der Waals surface area contributed by atoms with Crippen LogP contribution in [-0.2, 0) is 4.79 Å².